The Bertz CT molecular complexity index is 335. The Balaban J connectivity index is 1.54. The van der Waals surface area contributed by atoms with Gasteiger partial charge in [-0.05, 0) is 38.6 Å². The van der Waals surface area contributed by atoms with Crippen molar-refractivity contribution in [3.63, 3.8) is 0 Å². The van der Waals surface area contributed by atoms with Crippen molar-refractivity contribution in [1.82, 2.24) is 14.9 Å². The summed E-state index contributed by atoms with van der Waals surface area (Å²) in [5.41, 5.74) is 0. The third kappa shape index (κ3) is 2.29. The fourth-order valence-electron chi connectivity index (χ4n) is 2.68. The molecule has 0 amide bonds. The lowest BCUT2D eigenvalue weighted by molar-refractivity contribution is 0.365. The van der Waals surface area contributed by atoms with Gasteiger partial charge in [0.25, 0.3) is 0 Å². The molecule has 1 aromatic rings. The van der Waals surface area contributed by atoms with Crippen molar-refractivity contribution >= 4 is 0 Å². The van der Waals surface area contributed by atoms with Crippen molar-refractivity contribution in [2.75, 3.05) is 6.54 Å². The van der Waals surface area contributed by atoms with Crippen LogP contribution in [0.15, 0.2) is 12.4 Å². The Morgan fingerprint density at radius 3 is 3.00 bits per heavy atom. The van der Waals surface area contributed by atoms with Gasteiger partial charge >= 0.3 is 0 Å². The summed E-state index contributed by atoms with van der Waals surface area (Å²) < 4.78 is 2.37. The van der Waals surface area contributed by atoms with Crippen LogP contribution in [0.3, 0.4) is 0 Å². The number of hydrogen-bond donors (Lipinski definition) is 1. The fourth-order valence-corrected chi connectivity index (χ4v) is 2.68. The normalized spacial score (nSPS) is 25.9. The van der Waals surface area contributed by atoms with E-state index in [-0.39, 0.29) is 0 Å². The van der Waals surface area contributed by atoms with Crippen molar-refractivity contribution in [3.8, 4) is 0 Å². The molecule has 3 heteroatoms. The van der Waals surface area contributed by atoms with Crippen LogP contribution in [0.4, 0.5) is 0 Å². The summed E-state index contributed by atoms with van der Waals surface area (Å²) in [5, 5.41) is 3.61. The minimum Gasteiger partial charge on any atom is -0.335 e. The van der Waals surface area contributed by atoms with E-state index in [9.17, 15) is 0 Å². The van der Waals surface area contributed by atoms with Crippen LogP contribution in [0, 0.1) is 0 Å². The maximum Gasteiger partial charge on any atom is 0.111 e. The molecule has 0 spiro atoms. The zero-order chi connectivity index (χ0) is 10.8. The predicted octanol–water partition coefficient (Wildman–Crippen LogP) is 2.29. The summed E-state index contributed by atoms with van der Waals surface area (Å²) >= 11 is 0. The molecule has 1 saturated carbocycles. The number of nitrogens with zero attached hydrogens (tertiary/aromatic N) is 2. The van der Waals surface area contributed by atoms with Crippen LogP contribution in [0.5, 0.6) is 0 Å². The molecule has 2 aliphatic rings. The zero-order valence-electron chi connectivity index (χ0n) is 9.86. The van der Waals surface area contributed by atoms with Crippen LogP contribution in [0.25, 0.3) is 0 Å². The van der Waals surface area contributed by atoms with Crippen molar-refractivity contribution < 1.29 is 0 Å². The van der Waals surface area contributed by atoms with Gasteiger partial charge in [-0.3, -0.25) is 0 Å². The Morgan fingerprint density at radius 2 is 2.25 bits per heavy atom. The molecule has 2 heterocycles. The molecule has 0 aromatic carbocycles. The SMILES string of the molecule is c1cn(CCC2CCCCN2)c(C2CC2)n1. The largest absolute Gasteiger partial charge is 0.335 e. The number of nitrogens with one attached hydrogen (secondary N) is 1. The van der Waals surface area contributed by atoms with Crippen LogP contribution < -0.4 is 5.32 Å². The molecular formula is C13H21N3. The van der Waals surface area contributed by atoms with Gasteiger partial charge < -0.3 is 9.88 Å². The van der Waals surface area contributed by atoms with Gasteiger partial charge in [-0.15, -0.1) is 0 Å². The highest BCUT2D eigenvalue weighted by atomic mass is 15.1. The minimum absolute atomic E-state index is 0.739. The van der Waals surface area contributed by atoms with Crippen LogP contribution in [0.1, 0.15) is 50.3 Å². The summed E-state index contributed by atoms with van der Waals surface area (Å²) in [6.45, 7) is 2.35. The van der Waals surface area contributed by atoms with Gasteiger partial charge in [-0.1, -0.05) is 6.42 Å². The molecule has 3 rings (SSSR count). The smallest absolute Gasteiger partial charge is 0.111 e. The van der Waals surface area contributed by atoms with E-state index >= 15 is 0 Å². The van der Waals surface area contributed by atoms with E-state index in [0.29, 0.717) is 0 Å². The summed E-state index contributed by atoms with van der Waals surface area (Å²) in [4.78, 5) is 4.48. The second-order valence-corrected chi connectivity index (χ2v) is 5.19. The second-order valence-electron chi connectivity index (χ2n) is 5.19. The first-order valence-electron chi connectivity index (χ1n) is 6.68. The summed E-state index contributed by atoms with van der Waals surface area (Å²) in [6, 6.07) is 0.739. The number of aryl methyl sites for hydroxylation is 1. The highest BCUT2D eigenvalue weighted by molar-refractivity contribution is 5.07. The van der Waals surface area contributed by atoms with Gasteiger partial charge in [0.15, 0.2) is 0 Å². The first-order chi connectivity index (χ1) is 7.93. The molecular weight excluding hydrogens is 198 g/mol. The lowest BCUT2D eigenvalue weighted by Crippen LogP contribution is -2.34. The maximum atomic E-state index is 4.48. The standard InChI is InChI=1S/C13H21N3/c1-2-7-14-12(3-1)6-9-16-10-8-15-13(16)11-4-5-11/h8,10-12,14H,1-7,9H2. The third-order valence-corrected chi connectivity index (χ3v) is 3.82. The van der Waals surface area contributed by atoms with Crippen molar-refractivity contribution in [2.24, 2.45) is 0 Å². The van der Waals surface area contributed by atoms with E-state index in [0.717, 1.165) is 18.5 Å². The number of piperidine rings is 1. The van der Waals surface area contributed by atoms with Gasteiger partial charge in [-0.2, -0.15) is 0 Å². The first-order valence-corrected chi connectivity index (χ1v) is 6.68. The van der Waals surface area contributed by atoms with Crippen LogP contribution in [-0.4, -0.2) is 22.1 Å². The zero-order valence-corrected chi connectivity index (χ0v) is 9.86. The summed E-state index contributed by atoms with van der Waals surface area (Å²) in [6.07, 6.45) is 12.2. The van der Waals surface area contributed by atoms with Crippen molar-refractivity contribution in [2.45, 2.75) is 57.0 Å². The molecule has 2 fully saturated rings. The van der Waals surface area contributed by atoms with Crippen LogP contribution in [-0.2, 0) is 6.54 Å². The Hall–Kier alpha value is -0.830. The third-order valence-electron chi connectivity index (χ3n) is 3.82. The van der Waals surface area contributed by atoms with Crippen LogP contribution >= 0.6 is 0 Å². The molecule has 1 aliphatic carbocycles. The van der Waals surface area contributed by atoms with Gasteiger partial charge in [-0.25, -0.2) is 4.98 Å². The second kappa shape index (κ2) is 4.58. The van der Waals surface area contributed by atoms with Crippen LogP contribution in [0.2, 0.25) is 0 Å². The molecule has 1 aliphatic heterocycles. The summed E-state index contributed by atoms with van der Waals surface area (Å²) in [7, 11) is 0. The molecule has 1 unspecified atom stereocenters. The van der Waals surface area contributed by atoms with Gasteiger partial charge in [0, 0.05) is 30.9 Å². The Morgan fingerprint density at radius 1 is 1.31 bits per heavy atom. The summed E-state index contributed by atoms with van der Waals surface area (Å²) in [5.74, 6) is 2.10. The van der Waals surface area contributed by atoms with Crippen molar-refractivity contribution in [1.29, 1.82) is 0 Å². The molecule has 1 saturated heterocycles. The first kappa shape index (κ1) is 10.3. The Labute approximate surface area is 97.3 Å². The van der Waals surface area contributed by atoms with E-state index in [1.54, 1.807) is 0 Å². The molecule has 0 bridgehead atoms. The predicted molar refractivity (Wildman–Crippen MR) is 64.5 cm³/mol. The topological polar surface area (TPSA) is 29.9 Å². The number of aromatic nitrogens is 2. The van der Waals surface area contributed by atoms with E-state index < -0.39 is 0 Å². The molecule has 1 N–H and O–H groups in total. The molecule has 1 atom stereocenters. The maximum absolute atomic E-state index is 4.48. The molecule has 88 valence electrons. The lowest BCUT2D eigenvalue weighted by atomic mass is 10.0. The highest BCUT2D eigenvalue weighted by Gasteiger charge is 2.27. The van der Waals surface area contributed by atoms with E-state index in [2.05, 4.69) is 21.1 Å². The molecule has 0 radical (unpaired) electrons. The Kier molecular flexibility index (Phi) is 2.96. The molecule has 3 nitrogen and oxygen atoms in total. The average Bonchev–Trinajstić information content (AvgIpc) is 3.07. The van der Waals surface area contributed by atoms with Gasteiger partial charge in [0.2, 0.25) is 0 Å². The van der Waals surface area contributed by atoms with E-state index in [4.69, 9.17) is 0 Å². The monoisotopic (exact) mass is 219 g/mol. The van der Waals surface area contributed by atoms with Gasteiger partial charge in [0.05, 0.1) is 0 Å². The van der Waals surface area contributed by atoms with Crippen molar-refractivity contribution in [3.05, 3.63) is 18.2 Å². The number of rotatable bonds is 4. The van der Waals surface area contributed by atoms with E-state index in [1.165, 1.54) is 50.9 Å². The van der Waals surface area contributed by atoms with E-state index in [1.807, 2.05) is 6.20 Å². The fraction of sp³-hybridized carbons (Fsp3) is 0.769. The highest BCUT2D eigenvalue weighted by Crippen LogP contribution is 2.39. The quantitative estimate of drug-likeness (QED) is 0.842. The molecule has 16 heavy (non-hydrogen) atoms. The lowest BCUT2D eigenvalue weighted by Gasteiger charge is -2.23. The number of imidazole rings is 1. The average molecular weight is 219 g/mol. The van der Waals surface area contributed by atoms with Gasteiger partial charge in [0.1, 0.15) is 5.82 Å². The molecule has 1 aromatic heterocycles. The number of hydrogen-bond acceptors (Lipinski definition) is 2. The minimum atomic E-state index is 0.739.